The Hall–Kier alpha value is -0.920. The molecule has 0 bridgehead atoms. The lowest BCUT2D eigenvalue weighted by Crippen LogP contribution is -1.96. The maximum absolute atomic E-state index is 11.2. The molecular weight excluding hydrogens is 216 g/mol. The van der Waals surface area contributed by atoms with Crippen LogP contribution in [0.25, 0.3) is 0 Å². The first kappa shape index (κ1) is 11.2. The van der Waals surface area contributed by atoms with Crippen molar-refractivity contribution in [3.05, 3.63) is 29.8 Å². The van der Waals surface area contributed by atoms with Crippen LogP contribution in [0.2, 0.25) is 0 Å². The minimum Gasteiger partial charge on any atom is -0.224 e. The molecule has 0 amide bonds. The summed E-state index contributed by atoms with van der Waals surface area (Å²) in [6.07, 6.45) is 1.18. The molecule has 0 saturated carbocycles. The molecule has 1 aromatic carbocycles. The summed E-state index contributed by atoms with van der Waals surface area (Å²) >= 11 is 3.94. The number of sulfone groups is 1. The van der Waals surface area contributed by atoms with E-state index >= 15 is 0 Å². The third-order valence-corrected chi connectivity index (χ3v) is 2.84. The van der Waals surface area contributed by atoms with Crippen LogP contribution in [0.4, 0.5) is 0 Å². The quantitative estimate of drug-likeness (QED) is 0.580. The Labute approximate surface area is 89.7 Å². The molecule has 1 aromatic rings. The van der Waals surface area contributed by atoms with Gasteiger partial charge in [0.25, 0.3) is 0 Å². The monoisotopic (exact) mass is 226 g/mol. The van der Waals surface area contributed by atoms with Gasteiger partial charge in [0.2, 0.25) is 0 Å². The van der Waals surface area contributed by atoms with Crippen molar-refractivity contribution in [1.82, 2.24) is 0 Å². The summed E-state index contributed by atoms with van der Waals surface area (Å²) in [5.74, 6) is 6.04. The van der Waals surface area contributed by atoms with Gasteiger partial charge in [0, 0.05) is 11.8 Å². The van der Waals surface area contributed by atoms with Crippen molar-refractivity contribution < 1.29 is 8.42 Å². The topological polar surface area (TPSA) is 34.1 Å². The Morgan fingerprint density at radius 2 is 2.14 bits per heavy atom. The molecule has 0 atom stereocenters. The Balaban J connectivity index is 3.14. The van der Waals surface area contributed by atoms with Gasteiger partial charge in [0.05, 0.1) is 10.6 Å². The molecule has 0 radical (unpaired) electrons. The Morgan fingerprint density at radius 1 is 1.43 bits per heavy atom. The van der Waals surface area contributed by atoms with Crippen LogP contribution in [0, 0.1) is 11.8 Å². The molecular formula is C10H10O2S2. The second-order valence-corrected chi connectivity index (χ2v) is 5.09. The summed E-state index contributed by atoms with van der Waals surface area (Å²) in [5, 5.41) is 0. The zero-order valence-electron chi connectivity index (χ0n) is 7.69. The van der Waals surface area contributed by atoms with Gasteiger partial charge in [-0.2, -0.15) is 12.6 Å². The zero-order valence-corrected chi connectivity index (χ0v) is 9.40. The van der Waals surface area contributed by atoms with Gasteiger partial charge in [-0.1, -0.05) is 17.9 Å². The smallest absolute Gasteiger partial charge is 0.175 e. The van der Waals surface area contributed by atoms with Crippen LogP contribution >= 0.6 is 12.6 Å². The molecule has 4 heteroatoms. The Morgan fingerprint density at radius 3 is 2.71 bits per heavy atom. The molecule has 0 heterocycles. The van der Waals surface area contributed by atoms with Crippen molar-refractivity contribution in [1.29, 1.82) is 0 Å². The third-order valence-electron chi connectivity index (χ3n) is 1.57. The van der Waals surface area contributed by atoms with Crippen LogP contribution in [0.15, 0.2) is 29.2 Å². The van der Waals surface area contributed by atoms with E-state index in [4.69, 9.17) is 0 Å². The highest BCUT2D eigenvalue weighted by molar-refractivity contribution is 7.90. The van der Waals surface area contributed by atoms with E-state index in [-0.39, 0.29) is 0 Å². The van der Waals surface area contributed by atoms with Crippen LogP contribution in [0.5, 0.6) is 0 Å². The molecule has 0 aliphatic carbocycles. The minimum atomic E-state index is -3.14. The highest BCUT2D eigenvalue weighted by atomic mass is 32.2. The highest BCUT2D eigenvalue weighted by Crippen LogP contribution is 2.10. The van der Waals surface area contributed by atoms with E-state index in [0.717, 1.165) is 0 Å². The Bertz CT molecular complexity index is 478. The fourth-order valence-electron chi connectivity index (χ4n) is 0.946. The second-order valence-electron chi connectivity index (χ2n) is 2.76. The molecule has 0 unspecified atom stereocenters. The standard InChI is InChI=1S/C10H10O2S2/c1-14(11,12)10-6-2-4-9(8-10)5-3-7-13/h2,4,6,8,13H,7H2,1H3. The van der Waals surface area contributed by atoms with Crippen LogP contribution < -0.4 is 0 Å². The van der Waals surface area contributed by atoms with Gasteiger partial charge in [-0.05, 0) is 18.2 Å². The van der Waals surface area contributed by atoms with Crippen molar-refractivity contribution in [3.63, 3.8) is 0 Å². The van der Waals surface area contributed by atoms with E-state index in [1.54, 1.807) is 24.3 Å². The largest absolute Gasteiger partial charge is 0.224 e. The lowest BCUT2D eigenvalue weighted by atomic mass is 10.2. The minimum absolute atomic E-state index is 0.295. The molecule has 14 heavy (non-hydrogen) atoms. The summed E-state index contributed by atoms with van der Waals surface area (Å²) in [6.45, 7) is 0. The highest BCUT2D eigenvalue weighted by Gasteiger charge is 2.05. The molecule has 0 saturated heterocycles. The fraction of sp³-hybridized carbons (Fsp3) is 0.200. The van der Waals surface area contributed by atoms with Gasteiger partial charge >= 0.3 is 0 Å². The first-order valence-electron chi connectivity index (χ1n) is 3.94. The maximum atomic E-state index is 11.2. The number of hydrogen-bond acceptors (Lipinski definition) is 3. The maximum Gasteiger partial charge on any atom is 0.175 e. The van der Waals surface area contributed by atoms with E-state index in [0.29, 0.717) is 16.2 Å². The number of hydrogen-bond donors (Lipinski definition) is 1. The first-order valence-corrected chi connectivity index (χ1v) is 6.46. The summed E-state index contributed by atoms with van der Waals surface area (Å²) in [6, 6.07) is 6.57. The molecule has 0 aliphatic heterocycles. The van der Waals surface area contributed by atoms with Crippen molar-refractivity contribution in [2.45, 2.75) is 4.90 Å². The SMILES string of the molecule is CS(=O)(=O)c1cccc(C#CCS)c1. The van der Waals surface area contributed by atoms with E-state index < -0.39 is 9.84 Å². The second kappa shape index (κ2) is 4.54. The molecule has 0 N–H and O–H groups in total. The molecule has 0 spiro atoms. The van der Waals surface area contributed by atoms with Crippen LogP contribution in [0.3, 0.4) is 0 Å². The van der Waals surface area contributed by atoms with Crippen molar-refractivity contribution in [2.75, 3.05) is 12.0 Å². The van der Waals surface area contributed by atoms with Gasteiger partial charge < -0.3 is 0 Å². The summed E-state index contributed by atoms with van der Waals surface area (Å²) in [5.41, 5.74) is 0.696. The van der Waals surface area contributed by atoms with Gasteiger partial charge in [0.15, 0.2) is 9.84 Å². The lowest BCUT2D eigenvalue weighted by Gasteiger charge is -1.97. The van der Waals surface area contributed by atoms with E-state index in [2.05, 4.69) is 24.5 Å². The number of benzene rings is 1. The van der Waals surface area contributed by atoms with Crippen molar-refractivity contribution in [3.8, 4) is 11.8 Å². The van der Waals surface area contributed by atoms with E-state index in [9.17, 15) is 8.42 Å². The van der Waals surface area contributed by atoms with Crippen LogP contribution in [-0.4, -0.2) is 20.4 Å². The van der Waals surface area contributed by atoms with Gasteiger partial charge in [0.1, 0.15) is 0 Å². The average molecular weight is 226 g/mol. The zero-order chi connectivity index (χ0) is 10.6. The molecule has 0 aromatic heterocycles. The number of thiol groups is 1. The first-order chi connectivity index (χ1) is 6.54. The van der Waals surface area contributed by atoms with Gasteiger partial charge in [-0.25, -0.2) is 8.42 Å². The van der Waals surface area contributed by atoms with Crippen LogP contribution in [0.1, 0.15) is 5.56 Å². The van der Waals surface area contributed by atoms with Crippen LogP contribution in [-0.2, 0) is 9.84 Å². The molecule has 74 valence electrons. The predicted octanol–water partition coefficient (Wildman–Crippen LogP) is 1.37. The molecule has 2 nitrogen and oxygen atoms in total. The number of rotatable bonds is 1. The molecule has 0 aliphatic rings. The van der Waals surface area contributed by atoms with Gasteiger partial charge in [-0.3, -0.25) is 0 Å². The molecule has 1 rings (SSSR count). The van der Waals surface area contributed by atoms with Crippen molar-refractivity contribution >= 4 is 22.5 Å². The van der Waals surface area contributed by atoms with Gasteiger partial charge in [-0.15, -0.1) is 0 Å². The third kappa shape index (κ3) is 3.09. The summed E-state index contributed by atoms with van der Waals surface area (Å²) in [7, 11) is -3.14. The molecule has 0 fully saturated rings. The van der Waals surface area contributed by atoms with E-state index in [1.165, 1.54) is 6.26 Å². The predicted molar refractivity (Wildman–Crippen MR) is 60.3 cm³/mol. The van der Waals surface area contributed by atoms with E-state index in [1.807, 2.05) is 0 Å². The lowest BCUT2D eigenvalue weighted by molar-refractivity contribution is 0.602. The fourth-order valence-corrected chi connectivity index (χ4v) is 1.69. The summed E-state index contributed by atoms with van der Waals surface area (Å²) in [4.78, 5) is 0.295. The Kier molecular flexibility index (Phi) is 3.62. The average Bonchev–Trinajstić information content (AvgIpc) is 2.14. The van der Waals surface area contributed by atoms with Crippen molar-refractivity contribution in [2.24, 2.45) is 0 Å². The summed E-state index contributed by atoms with van der Waals surface area (Å²) < 4.78 is 22.4. The normalized spacial score (nSPS) is 10.4.